The molecule has 0 atom stereocenters. The number of furan rings is 1. The molecule has 6 nitrogen and oxygen atoms in total. The molecule has 0 amide bonds. The predicted octanol–water partition coefficient (Wildman–Crippen LogP) is 4.06. The van der Waals surface area contributed by atoms with E-state index in [9.17, 15) is 4.79 Å². The molecule has 3 rings (SSSR count). The maximum absolute atomic E-state index is 11.4. The van der Waals surface area contributed by atoms with Crippen molar-refractivity contribution < 1.29 is 18.4 Å². The molecule has 8 heteroatoms. The first kappa shape index (κ1) is 15.7. The summed E-state index contributed by atoms with van der Waals surface area (Å²) in [6.07, 6.45) is 0. The van der Waals surface area contributed by atoms with Crippen LogP contribution in [0.4, 0.5) is 0 Å². The third-order valence-corrected chi connectivity index (χ3v) is 3.82. The van der Waals surface area contributed by atoms with Crippen LogP contribution in [-0.4, -0.2) is 22.9 Å². The van der Waals surface area contributed by atoms with Crippen molar-refractivity contribution in [1.29, 1.82) is 0 Å². The van der Waals surface area contributed by atoms with Gasteiger partial charge in [0.15, 0.2) is 0 Å². The summed E-state index contributed by atoms with van der Waals surface area (Å²) in [5.74, 6) is 0.534. The minimum absolute atomic E-state index is 0.129. The summed E-state index contributed by atoms with van der Waals surface area (Å²) in [7, 11) is 1.29. The van der Waals surface area contributed by atoms with Gasteiger partial charge >= 0.3 is 5.97 Å². The SMILES string of the molecule is COC(=O)c1ccc(Cn2nc(-c3cccc(Br)c3)oc2=S)o1. The zero-order chi connectivity index (χ0) is 16.4. The zero-order valence-electron chi connectivity index (χ0n) is 12.0. The third kappa shape index (κ3) is 3.43. The molecule has 0 aliphatic heterocycles. The third-order valence-electron chi connectivity index (χ3n) is 3.03. The van der Waals surface area contributed by atoms with E-state index in [1.54, 1.807) is 12.1 Å². The number of carbonyl (C=O) groups is 1. The van der Waals surface area contributed by atoms with Crippen LogP contribution in [0.25, 0.3) is 11.5 Å². The molecule has 0 N–H and O–H groups in total. The lowest BCUT2D eigenvalue weighted by molar-refractivity contribution is 0.0562. The molecule has 1 aromatic carbocycles. The summed E-state index contributed by atoms with van der Waals surface area (Å²) in [4.78, 5) is 11.6. The standard InChI is InChI=1S/C15H11BrN2O4S/c1-20-14(19)12-6-5-11(21-12)8-18-15(23)22-13(17-18)9-3-2-4-10(16)7-9/h2-7H,8H2,1H3. The maximum atomic E-state index is 11.4. The van der Waals surface area contributed by atoms with E-state index in [1.165, 1.54) is 11.8 Å². The van der Waals surface area contributed by atoms with Crippen LogP contribution in [0, 0.1) is 4.84 Å². The molecule has 0 bridgehead atoms. The molecule has 0 aliphatic carbocycles. The Morgan fingerprint density at radius 1 is 1.35 bits per heavy atom. The van der Waals surface area contributed by atoms with Gasteiger partial charge in [-0.1, -0.05) is 22.0 Å². The number of ether oxygens (including phenoxy) is 1. The first-order valence-electron chi connectivity index (χ1n) is 6.58. The van der Waals surface area contributed by atoms with E-state index in [1.807, 2.05) is 24.3 Å². The fraction of sp³-hybridized carbons (Fsp3) is 0.133. The van der Waals surface area contributed by atoms with E-state index in [-0.39, 0.29) is 17.1 Å². The highest BCUT2D eigenvalue weighted by Crippen LogP contribution is 2.22. The van der Waals surface area contributed by atoms with Gasteiger partial charge < -0.3 is 13.6 Å². The Morgan fingerprint density at radius 3 is 2.91 bits per heavy atom. The van der Waals surface area contributed by atoms with E-state index < -0.39 is 5.97 Å². The van der Waals surface area contributed by atoms with Crippen LogP contribution in [0.5, 0.6) is 0 Å². The Kier molecular flexibility index (Phi) is 4.44. The van der Waals surface area contributed by atoms with Crippen molar-refractivity contribution in [1.82, 2.24) is 9.78 Å². The highest BCUT2D eigenvalue weighted by Gasteiger charge is 2.14. The Morgan fingerprint density at radius 2 is 2.17 bits per heavy atom. The van der Waals surface area contributed by atoms with Crippen LogP contribution in [0.2, 0.25) is 0 Å². The van der Waals surface area contributed by atoms with Crippen LogP contribution in [-0.2, 0) is 11.3 Å². The second-order valence-corrected chi connectivity index (χ2v) is 5.86. The quantitative estimate of drug-likeness (QED) is 0.490. The highest BCUT2D eigenvalue weighted by molar-refractivity contribution is 9.10. The summed E-state index contributed by atoms with van der Waals surface area (Å²) < 4.78 is 17.9. The normalized spacial score (nSPS) is 10.7. The molecule has 118 valence electrons. The number of hydrogen-bond donors (Lipinski definition) is 0. The summed E-state index contributed by atoms with van der Waals surface area (Å²) >= 11 is 8.58. The molecule has 2 aromatic heterocycles. The van der Waals surface area contributed by atoms with E-state index in [0.717, 1.165) is 10.0 Å². The lowest BCUT2D eigenvalue weighted by atomic mass is 10.2. The van der Waals surface area contributed by atoms with Crippen molar-refractivity contribution in [2.24, 2.45) is 0 Å². The summed E-state index contributed by atoms with van der Waals surface area (Å²) in [6, 6.07) is 10.8. The first-order chi connectivity index (χ1) is 11.1. The summed E-state index contributed by atoms with van der Waals surface area (Å²) in [6.45, 7) is 0.257. The van der Waals surface area contributed by atoms with Crippen LogP contribution < -0.4 is 0 Å². The number of aromatic nitrogens is 2. The molecule has 2 heterocycles. The van der Waals surface area contributed by atoms with Crippen molar-refractivity contribution in [3.05, 3.63) is 57.2 Å². The van der Waals surface area contributed by atoms with Crippen LogP contribution in [0.15, 0.2) is 49.7 Å². The molecule has 3 aromatic rings. The molecular formula is C15H11BrN2O4S. The number of carbonyl (C=O) groups excluding carboxylic acids is 1. The van der Waals surface area contributed by atoms with Gasteiger partial charge in [-0.25, -0.2) is 9.48 Å². The number of rotatable bonds is 4. The van der Waals surface area contributed by atoms with E-state index in [0.29, 0.717) is 11.7 Å². The largest absolute Gasteiger partial charge is 0.463 e. The van der Waals surface area contributed by atoms with Gasteiger partial charge in [-0.15, -0.1) is 5.10 Å². The Labute approximate surface area is 144 Å². The van der Waals surface area contributed by atoms with Gasteiger partial charge in [0.2, 0.25) is 11.7 Å². The van der Waals surface area contributed by atoms with Gasteiger partial charge in [0, 0.05) is 10.0 Å². The molecule has 0 saturated carbocycles. The Hall–Kier alpha value is -2.19. The first-order valence-corrected chi connectivity index (χ1v) is 7.78. The topological polar surface area (TPSA) is 70.4 Å². The van der Waals surface area contributed by atoms with Gasteiger partial charge in [0.25, 0.3) is 4.84 Å². The number of esters is 1. The molecule has 0 unspecified atom stereocenters. The monoisotopic (exact) mass is 394 g/mol. The highest BCUT2D eigenvalue weighted by atomic mass is 79.9. The van der Waals surface area contributed by atoms with Gasteiger partial charge in [-0.3, -0.25) is 0 Å². The molecule has 0 fully saturated rings. The van der Waals surface area contributed by atoms with E-state index in [2.05, 4.69) is 25.8 Å². The average molecular weight is 395 g/mol. The van der Waals surface area contributed by atoms with Crippen molar-refractivity contribution in [3.63, 3.8) is 0 Å². The van der Waals surface area contributed by atoms with Crippen LogP contribution in [0.3, 0.4) is 0 Å². The summed E-state index contributed by atoms with van der Waals surface area (Å²) in [5.41, 5.74) is 0.805. The Balaban J connectivity index is 1.86. The second-order valence-electron chi connectivity index (χ2n) is 4.60. The fourth-order valence-electron chi connectivity index (χ4n) is 1.97. The number of methoxy groups -OCH3 is 1. The van der Waals surface area contributed by atoms with E-state index >= 15 is 0 Å². The minimum atomic E-state index is -0.533. The van der Waals surface area contributed by atoms with E-state index in [4.69, 9.17) is 21.1 Å². The van der Waals surface area contributed by atoms with Gasteiger partial charge in [-0.05, 0) is 42.5 Å². The molecule has 0 aliphatic rings. The summed E-state index contributed by atoms with van der Waals surface area (Å²) in [5, 5.41) is 4.34. The number of nitrogens with zero attached hydrogens (tertiary/aromatic N) is 2. The second kappa shape index (κ2) is 6.51. The molecule has 0 spiro atoms. The van der Waals surface area contributed by atoms with Crippen molar-refractivity contribution in [2.45, 2.75) is 6.54 Å². The predicted molar refractivity (Wildman–Crippen MR) is 87.6 cm³/mol. The van der Waals surface area contributed by atoms with Crippen molar-refractivity contribution in [3.8, 4) is 11.5 Å². The number of benzene rings is 1. The Bertz CT molecular complexity index is 912. The van der Waals surface area contributed by atoms with Crippen molar-refractivity contribution >= 4 is 34.1 Å². The smallest absolute Gasteiger partial charge is 0.373 e. The maximum Gasteiger partial charge on any atom is 0.373 e. The molecule has 0 radical (unpaired) electrons. The fourth-order valence-corrected chi connectivity index (χ4v) is 2.55. The van der Waals surface area contributed by atoms with Crippen LogP contribution in [0.1, 0.15) is 16.3 Å². The average Bonchev–Trinajstić information content (AvgIpc) is 3.14. The molecule has 23 heavy (non-hydrogen) atoms. The minimum Gasteiger partial charge on any atom is -0.463 e. The van der Waals surface area contributed by atoms with Crippen molar-refractivity contribution in [2.75, 3.05) is 7.11 Å². The van der Waals surface area contributed by atoms with Gasteiger partial charge in [0.1, 0.15) is 12.3 Å². The lowest BCUT2D eigenvalue weighted by Gasteiger charge is -1.97. The number of halogens is 1. The number of hydrogen-bond acceptors (Lipinski definition) is 6. The molecular weight excluding hydrogens is 384 g/mol. The van der Waals surface area contributed by atoms with Gasteiger partial charge in [0.05, 0.1) is 7.11 Å². The van der Waals surface area contributed by atoms with Crippen LogP contribution >= 0.6 is 28.1 Å². The zero-order valence-corrected chi connectivity index (χ0v) is 14.4. The van der Waals surface area contributed by atoms with Gasteiger partial charge in [-0.2, -0.15) is 0 Å². The lowest BCUT2D eigenvalue weighted by Crippen LogP contribution is -2.02. The molecule has 0 saturated heterocycles.